The van der Waals surface area contributed by atoms with Crippen LogP contribution in [0.2, 0.25) is 10.4 Å². The van der Waals surface area contributed by atoms with Gasteiger partial charge in [0.05, 0.1) is 0 Å². The van der Waals surface area contributed by atoms with Crippen LogP contribution < -0.4 is 10.5 Å². The molecule has 0 atom stereocenters. The van der Waals surface area contributed by atoms with Crippen molar-refractivity contribution < 1.29 is 8.42 Å². The van der Waals surface area contributed by atoms with Gasteiger partial charge in [-0.2, -0.15) is 10.1 Å². The maximum absolute atomic E-state index is 12.1. The zero-order chi connectivity index (χ0) is 14.2. The average Bonchev–Trinajstić information content (AvgIpc) is 2.56. The van der Waals surface area contributed by atoms with E-state index in [1.807, 2.05) is 0 Å². The first-order chi connectivity index (χ1) is 8.78. The van der Waals surface area contributed by atoms with Gasteiger partial charge in [0.25, 0.3) is 10.0 Å². The third-order valence-corrected chi connectivity index (χ3v) is 3.75. The number of nitrogen functional groups attached to an aromatic ring is 1. The van der Waals surface area contributed by atoms with Crippen LogP contribution in [-0.2, 0) is 17.1 Å². The van der Waals surface area contributed by atoms with Crippen LogP contribution in [-0.4, -0.2) is 28.2 Å². The molecule has 2 rings (SSSR count). The third kappa shape index (κ3) is 3.06. The highest BCUT2D eigenvalue weighted by molar-refractivity contribution is 7.92. The Balaban J connectivity index is 2.39. The molecule has 2 aromatic heterocycles. The number of rotatable bonds is 3. The van der Waals surface area contributed by atoms with E-state index in [2.05, 4.69) is 19.8 Å². The molecule has 0 amide bonds. The van der Waals surface area contributed by atoms with Gasteiger partial charge < -0.3 is 5.73 Å². The van der Waals surface area contributed by atoms with Crippen molar-refractivity contribution in [1.29, 1.82) is 0 Å². The van der Waals surface area contributed by atoms with Crippen molar-refractivity contribution in [2.45, 2.75) is 4.90 Å². The second-order valence-electron chi connectivity index (χ2n) is 3.50. The summed E-state index contributed by atoms with van der Waals surface area (Å²) in [6.45, 7) is 0. The van der Waals surface area contributed by atoms with E-state index in [9.17, 15) is 8.42 Å². The molecule has 0 unspecified atom stereocenters. The quantitative estimate of drug-likeness (QED) is 0.640. The van der Waals surface area contributed by atoms with Crippen LogP contribution in [0.1, 0.15) is 0 Å². The number of aromatic nitrogens is 4. The Kier molecular flexibility index (Phi) is 3.52. The largest absolute Gasteiger partial charge is 0.381 e. The van der Waals surface area contributed by atoms with Crippen molar-refractivity contribution in [3.63, 3.8) is 0 Å². The van der Waals surface area contributed by atoms with Gasteiger partial charge in [0.15, 0.2) is 5.82 Å². The molecule has 2 heterocycles. The van der Waals surface area contributed by atoms with Crippen molar-refractivity contribution in [3.8, 4) is 0 Å². The first kappa shape index (κ1) is 13.8. The molecule has 2 aromatic rings. The molecule has 0 aliphatic rings. The smallest absolute Gasteiger partial charge is 0.268 e. The summed E-state index contributed by atoms with van der Waals surface area (Å²) in [5.41, 5.74) is 5.50. The summed E-state index contributed by atoms with van der Waals surface area (Å²) < 4.78 is 27.6. The second-order valence-corrected chi connectivity index (χ2v) is 5.88. The van der Waals surface area contributed by atoms with Crippen molar-refractivity contribution in [2.75, 3.05) is 10.5 Å². The lowest BCUT2D eigenvalue weighted by Crippen LogP contribution is -2.15. The molecule has 0 saturated heterocycles. The molecule has 0 aliphatic heterocycles. The van der Waals surface area contributed by atoms with E-state index in [1.165, 1.54) is 16.9 Å². The fourth-order valence-corrected chi connectivity index (χ4v) is 2.83. The standard InChI is InChI=1S/C8H8Cl2N6O2S/c1-16-3-4(7(11)14-16)19(17,18)15-6-2-5(9)12-8(10)13-6/h2-3H,1H3,(H2,11,14)(H,12,13,15). The van der Waals surface area contributed by atoms with Crippen LogP contribution in [0.25, 0.3) is 0 Å². The topological polar surface area (TPSA) is 116 Å². The molecule has 0 aliphatic carbocycles. The molecule has 3 N–H and O–H groups in total. The number of nitrogens with one attached hydrogen (secondary N) is 1. The van der Waals surface area contributed by atoms with Crippen molar-refractivity contribution in [3.05, 3.63) is 22.7 Å². The summed E-state index contributed by atoms with van der Waals surface area (Å²) in [7, 11) is -2.37. The second kappa shape index (κ2) is 4.83. The van der Waals surface area contributed by atoms with Gasteiger partial charge in [0.2, 0.25) is 5.28 Å². The van der Waals surface area contributed by atoms with Gasteiger partial charge in [-0.1, -0.05) is 11.6 Å². The minimum Gasteiger partial charge on any atom is -0.381 e. The molecule has 8 nitrogen and oxygen atoms in total. The Morgan fingerprint density at radius 1 is 1.37 bits per heavy atom. The molecule has 0 bridgehead atoms. The number of sulfonamides is 1. The monoisotopic (exact) mass is 322 g/mol. The van der Waals surface area contributed by atoms with Crippen LogP contribution in [0, 0.1) is 0 Å². The number of nitrogens with two attached hydrogens (primary N) is 1. The molecule has 102 valence electrons. The van der Waals surface area contributed by atoms with E-state index in [0.29, 0.717) is 0 Å². The lowest BCUT2D eigenvalue weighted by atomic mass is 10.6. The number of hydrogen-bond acceptors (Lipinski definition) is 6. The summed E-state index contributed by atoms with van der Waals surface area (Å²) in [5.74, 6) is -0.186. The molecule has 19 heavy (non-hydrogen) atoms. The lowest BCUT2D eigenvalue weighted by molar-refractivity contribution is 0.601. The normalized spacial score (nSPS) is 11.5. The highest BCUT2D eigenvalue weighted by atomic mass is 35.5. The van der Waals surface area contributed by atoms with E-state index in [0.717, 1.165) is 0 Å². The highest BCUT2D eigenvalue weighted by Gasteiger charge is 2.21. The molecule has 0 aromatic carbocycles. The number of nitrogens with zero attached hydrogens (tertiary/aromatic N) is 4. The Bertz CT molecular complexity index is 709. The number of aryl methyl sites for hydroxylation is 1. The molecule has 0 radical (unpaired) electrons. The summed E-state index contributed by atoms with van der Waals surface area (Å²) >= 11 is 11.2. The fraction of sp³-hybridized carbons (Fsp3) is 0.125. The Morgan fingerprint density at radius 3 is 2.58 bits per heavy atom. The number of anilines is 2. The van der Waals surface area contributed by atoms with Crippen LogP contribution in [0.5, 0.6) is 0 Å². The minimum absolute atomic E-state index is 0.0110. The Hall–Kier alpha value is -1.58. The van der Waals surface area contributed by atoms with Crippen LogP contribution in [0.15, 0.2) is 17.2 Å². The Labute approximate surface area is 118 Å². The predicted octanol–water partition coefficient (Wildman–Crippen LogP) is 0.900. The summed E-state index contributed by atoms with van der Waals surface area (Å²) in [4.78, 5) is 7.13. The van der Waals surface area contributed by atoms with E-state index in [4.69, 9.17) is 28.9 Å². The van der Waals surface area contributed by atoms with Crippen molar-refractivity contribution in [1.82, 2.24) is 19.7 Å². The van der Waals surface area contributed by atoms with Crippen LogP contribution >= 0.6 is 23.2 Å². The van der Waals surface area contributed by atoms with Gasteiger partial charge in [-0.15, -0.1) is 0 Å². The lowest BCUT2D eigenvalue weighted by Gasteiger charge is -2.06. The molecule has 0 fully saturated rings. The zero-order valence-electron chi connectivity index (χ0n) is 9.50. The van der Waals surface area contributed by atoms with Crippen molar-refractivity contribution >= 4 is 44.9 Å². The van der Waals surface area contributed by atoms with E-state index < -0.39 is 10.0 Å². The first-order valence-electron chi connectivity index (χ1n) is 4.80. The van der Waals surface area contributed by atoms with Gasteiger partial charge in [0, 0.05) is 19.3 Å². The Morgan fingerprint density at radius 2 is 2.05 bits per heavy atom. The first-order valence-corrected chi connectivity index (χ1v) is 7.04. The molecule has 11 heteroatoms. The molecule has 0 saturated carbocycles. The molecule has 0 spiro atoms. The van der Waals surface area contributed by atoms with Gasteiger partial charge in [-0.3, -0.25) is 9.40 Å². The van der Waals surface area contributed by atoms with Crippen LogP contribution in [0.3, 0.4) is 0 Å². The van der Waals surface area contributed by atoms with Crippen LogP contribution in [0.4, 0.5) is 11.6 Å². The fourth-order valence-electron chi connectivity index (χ4n) is 1.33. The zero-order valence-corrected chi connectivity index (χ0v) is 11.8. The molecular formula is C8H8Cl2N6O2S. The summed E-state index contributed by atoms with van der Waals surface area (Å²) in [6.07, 6.45) is 1.27. The van der Waals surface area contributed by atoms with E-state index in [1.54, 1.807) is 7.05 Å². The number of halogens is 2. The summed E-state index contributed by atoms with van der Waals surface area (Å²) in [5, 5.41) is 3.58. The maximum Gasteiger partial charge on any atom is 0.268 e. The summed E-state index contributed by atoms with van der Waals surface area (Å²) in [6, 6.07) is 1.22. The van der Waals surface area contributed by atoms with E-state index >= 15 is 0 Å². The molecular weight excluding hydrogens is 315 g/mol. The highest BCUT2D eigenvalue weighted by Crippen LogP contribution is 2.21. The maximum atomic E-state index is 12.1. The average molecular weight is 323 g/mol. The van der Waals surface area contributed by atoms with Crippen molar-refractivity contribution in [2.24, 2.45) is 7.05 Å². The van der Waals surface area contributed by atoms with E-state index in [-0.39, 0.29) is 27.0 Å². The van der Waals surface area contributed by atoms with Gasteiger partial charge in [-0.25, -0.2) is 13.4 Å². The van der Waals surface area contributed by atoms with Gasteiger partial charge in [0.1, 0.15) is 15.9 Å². The SMILES string of the molecule is Cn1cc(S(=O)(=O)Nc2cc(Cl)nc(Cl)n2)c(N)n1. The number of hydrogen-bond donors (Lipinski definition) is 2. The predicted molar refractivity (Wildman–Crippen MR) is 70.5 cm³/mol. The van der Waals surface area contributed by atoms with Gasteiger partial charge in [-0.05, 0) is 11.6 Å². The third-order valence-electron chi connectivity index (χ3n) is 2.02. The van der Waals surface area contributed by atoms with Gasteiger partial charge >= 0.3 is 0 Å². The minimum atomic E-state index is -3.92.